The lowest BCUT2D eigenvalue weighted by molar-refractivity contribution is 0.481. The Kier molecular flexibility index (Phi) is 2.02. The molecule has 66 valence electrons. The van der Waals surface area contributed by atoms with Gasteiger partial charge in [-0.1, -0.05) is 0 Å². The van der Waals surface area contributed by atoms with Crippen LogP contribution in [0.5, 0.6) is 0 Å². The first-order chi connectivity index (χ1) is 6.25. The molecule has 0 aliphatic carbocycles. The summed E-state index contributed by atoms with van der Waals surface area (Å²) in [6.07, 6.45) is 0. The molecule has 0 bridgehead atoms. The Morgan fingerprint density at radius 3 is 2.77 bits per heavy atom. The summed E-state index contributed by atoms with van der Waals surface area (Å²) in [7, 11) is 0. The molecule has 2 rings (SSSR count). The summed E-state index contributed by atoms with van der Waals surface area (Å²) in [5.41, 5.74) is 1.71. The van der Waals surface area contributed by atoms with Crippen molar-refractivity contribution in [2.24, 2.45) is 0 Å². The van der Waals surface area contributed by atoms with Gasteiger partial charge in [-0.2, -0.15) is 11.3 Å². The second-order valence-electron chi connectivity index (χ2n) is 2.79. The topological polar surface area (TPSA) is 30.2 Å². The number of hydrogen-bond donors (Lipinski definition) is 0. The van der Waals surface area contributed by atoms with Gasteiger partial charge in [0.05, 0.1) is 0 Å². The number of rotatable bonds is 1. The van der Waals surface area contributed by atoms with Crippen molar-refractivity contribution in [3.63, 3.8) is 0 Å². The highest BCUT2D eigenvalue weighted by Gasteiger charge is 2.00. The highest BCUT2D eigenvalue weighted by atomic mass is 32.1. The lowest BCUT2D eigenvalue weighted by Gasteiger charge is -1.96. The van der Waals surface area contributed by atoms with E-state index in [2.05, 4.69) is 0 Å². The van der Waals surface area contributed by atoms with E-state index in [-0.39, 0.29) is 5.63 Å². The molecular weight excluding hydrogens is 184 g/mol. The summed E-state index contributed by atoms with van der Waals surface area (Å²) in [5, 5.41) is 3.99. The second kappa shape index (κ2) is 3.18. The van der Waals surface area contributed by atoms with Crippen LogP contribution in [-0.2, 0) is 0 Å². The van der Waals surface area contributed by atoms with Crippen LogP contribution in [0, 0.1) is 6.92 Å². The van der Waals surface area contributed by atoms with Crippen molar-refractivity contribution in [2.45, 2.75) is 6.92 Å². The van der Waals surface area contributed by atoms with Crippen LogP contribution in [0.15, 0.2) is 38.2 Å². The van der Waals surface area contributed by atoms with E-state index in [1.54, 1.807) is 18.3 Å². The van der Waals surface area contributed by atoms with Gasteiger partial charge in [-0.25, -0.2) is 4.79 Å². The summed E-state index contributed by atoms with van der Waals surface area (Å²) in [5.74, 6) is 0.647. The van der Waals surface area contributed by atoms with Gasteiger partial charge >= 0.3 is 5.63 Å². The van der Waals surface area contributed by atoms with Gasteiger partial charge in [0.25, 0.3) is 0 Å². The number of hydrogen-bond acceptors (Lipinski definition) is 3. The maximum atomic E-state index is 11.0. The van der Waals surface area contributed by atoms with Crippen LogP contribution in [-0.4, -0.2) is 0 Å². The molecule has 0 N–H and O–H groups in total. The summed E-state index contributed by atoms with van der Waals surface area (Å²) in [4.78, 5) is 11.0. The third-order valence-electron chi connectivity index (χ3n) is 1.75. The number of thiophene rings is 1. The van der Waals surface area contributed by atoms with Gasteiger partial charge in [0.15, 0.2) is 0 Å². The minimum absolute atomic E-state index is 0.291. The molecule has 2 heterocycles. The van der Waals surface area contributed by atoms with Crippen LogP contribution < -0.4 is 5.63 Å². The van der Waals surface area contributed by atoms with Crippen molar-refractivity contribution >= 4 is 11.3 Å². The molecule has 13 heavy (non-hydrogen) atoms. The van der Waals surface area contributed by atoms with Crippen molar-refractivity contribution in [1.29, 1.82) is 0 Å². The first kappa shape index (κ1) is 8.26. The SMILES string of the molecule is Cc1cc(-c2ccsc2)cc(=O)o1. The van der Waals surface area contributed by atoms with E-state index in [0.29, 0.717) is 5.76 Å². The quantitative estimate of drug-likeness (QED) is 0.695. The molecule has 3 heteroatoms. The molecule has 0 amide bonds. The van der Waals surface area contributed by atoms with E-state index >= 15 is 0 Å². The van der Waals surface area contributed by atoms with Crippen LogP contribution in [0.3, 0.4) is 0 Å². The van der Waals surface area contributed by atoms with Gasteiger partial charge in [0, 0.05) is 6.07 Å². The maximum absolute atomic E-state index is 11.0. The monoisotopic (exact) mass is 192 g/mol. The zero-order chi connectivity index (χ0) is 9.26. The van der Waals surface area contributed by atoms with Crippen LogP contribution >= 0.6 is 11.3 Å². The smallest absolute Gasteiger partial charge is 0.336 e. The molecule has 0 fully saturated rings. The first-order valence-corrected chi connectivity index (χ1v) is 4.84. The van der Waals surface area contributed by atoms with E-state index in [4.69, 9.17) is 4.42 Å². The molecule has 0 unspecified atom stereocenters. The molecule has 2 aromatic heterocycles. The molecule has 0 aliphatic heterocycles. The minimum Gasteiger partial charge on any atom is -0.428 e. The van der Waals surface area contributed by atoms with E-state index in [0.717, 1.165) is 11.1 Å². The maximum Gasteiger partial charge on any atom is 0.336 e. The summed E-state index contributed by atoms with van der Waals surface area (Å²) in [6.45, 7) is 1.78. The predicted molar refractivity (Wildman–Crippen MR) is 53.0 cm³/mol. The van der Waals surface area contributed by atoms with E-state index in [1.807, 2.05) is 22.9 Å². The van der Waals surface area contributed by atoms with Crippen molar-refractivity contribution in [2.75, 3.05) is 0 Å². The highest BCUT2D eigenvalue weighted by molar-refractivity contribution is 7.08. The van der Waals surface area contributed by atoms with Gasteiger partial charge in [0.2, 0.25) is 0 Å². The normalized spacial score (nSPS) is 10.2. The Bertz CT molecular complexity index is 454. The van der Waals surface area contributed by atoms with Gasteiger partial charge in [-0.15, -0.1) is 0 Å². The van der Waals surface area contributed by atoms with E-state index in [1.165, 1.54) is 6.07 Å². The van der Waals surface area contributed by atoms with Gasteiger partial charge in [0.1, 0.15) is 5.76 Å². The Hall–Kier alpha value is -1.35. The molecule has 0 radical (unpaired) electrons. The fourth-order valence-electron chi connectivity index (χ4n) is 1.20. The summed E-state index contributed by atoms with van der Waals surface area (Å²) in [6, 6.07) is 5.36. The van der Waals surface area contributed by atoms with Crippen molar-refractivity contribution in [1.82, 2.24) is 0 Å². The van der Waals surface area contributed by atoms with Gasteiger partial charge < -0.3 is 4.42 Å². The largest absolute Gasteiger partial charge is 0.428 e. The zero-order valence-electron chi connectivity index (χ0n) is 7.11. The molecule has 0 saturated carbocycles. The minimum atomic E-state index is -0.291. The average Bonchev–Trinajstić information content (AvgIpc) is 2.53. The average molecular weight is 192 g/mol. The summed E-state index contributed by atoms with van der Waals surface area (Å²) < 4.78 is 4.86. The van der Waals surface area contributed by atoms with Gasteiger partial charge in [-0.3, -0.25) is 0 Å². The fraction of sp³-hybridized carbons (Fsp3) is 0.100. The first-order valence-electron chi connectivity index (χ1n) is 3.90. The molecule has 2 nitrogen and oxygen atoms in total. The Morgan fingerprint density at radius 2 is 2.15 bits per heavy atom. The second-order valence-corrected chi connectivity index (χ2v) is 3.57. The predicted octanol–water partition coefficient (Wildman–Crippen LogP) is 2.68. The van der Waals surface area contributed by atoms with Crippen LogP contribution in [0.25, 0.3) is 11.1 Å². The Labute approximate surface area is 79.5 Å². The standard InChI is InChI=1S/C10H8O2S/c1-7-4-9(5-10(11)12-7)8-2-3-13-6-8/h2-6H,1H3. The van der Waals surface area contributed by atoms with Crippen molar-refractivity contribution < 1.29 is 4.42 Å². The Balaban J connectivity index is 2.59. The highest BCUT2D eigenvalue weighted by Crippen LogP contribution is 2.21. The molecule has 0 aliphatic rings. The molecule has 2 aromatic rings. The molecule has 0 saturated heterocycles. The lowest BCUT2D eigenvalue weighted by atomic mass is 10.1. The molecule has 0 atom stereocenters. The third-order valence-corrected chi connectivity index (χ3v) is 2.43. The van der Waals surface area contributed by atoms with Crippen molar-refractivity contribution in [3.05, 3.63) is 45.1 Å². The molecule has 0 aromatic carbocycles. The van der Waals surface area contributed by atoms with Crippen molar-refractivity contribution in [3.8, 4) is 11.1 Å². The van der Waals surface area contributed by atoms with Crippen LogP contribution in [0.2, 0.25) is 0 Å². The summed E-state index contributed by atoms with van der Waals surface area (Å²) >= 11 is 1.61. The van der Waals surface area contributed by atoms with Crippen LogP contribution in [0.4, 0.5) is 0 Å². The zero-order valence-corrected chi connectivity index (χ0v) is 7.93. The third kappa shape index (κ3) is 1.70. The Morgan fingerprint density at radius 1 is 1.31 bits per heavy atom. The molecular formula is C10H8O2S. The van der Waals surface area contributed by atoms with E-state index in [9.17, 15) is 4.79 Å². The van der Waals surface area contributed by atoms with Crippen LogP contribution in [0.1, 0.15) is 5.76 Å². The number of aryl methyl sites for hydroxylation is 1. The van der Waals surface area contributed by atoms with Gasteiger partial charge in [-0.05, 0) is 40.9 Å². The lowest BCUT2D eigenvalue weighted by Crippen LogP contribution is -1.97. The fourth-order valence-corrected chi connectivity index (χ4v) is 1.87. The van der Waals surface area contributed by atoms with E-state index < -0.39 is 0 Å². The molecule has 0 spiro atoms.